The molecule has 0 unspecified atom stereocenters. The molecule has 0 saturated carbocycles. The number of likely N-dealkylation sites (N-methyl/N-ethyl adjacent to an activating group) is 1. The molecular weight excluding hydrogens is 634 g/mol. The molecule has 13 heteroatoms. The van der Waals surface area contributed by atoms with Crippen molar-refractivity contribution in [3.63, 3.8) is 0 Å². The van der Waals surface area contributed by atoms with Crippen molar-refractivity contribution in [2.45, 2.75) is 32.6 Å². The summed E-state index contributed by atoms with van der Waals surface area (Å²) in [6.07, 6.45) is 4.26. The van der Waals surface area contributed by atoms with E-state index in [9.17, 15) is 18.0 Å². The number of nitrogens with two attached hydrogens (primary N) is 1. The van der Waals surface area contributed by atoms with Gasteiger partial charge in [-0.05, 0) is 68.7 Å². The molecule has 1 amide bonds. The van der Waals surface area contributed by atoms with Crippen LogP contribution in [0.25, 0.3) is 6.08 Å². The number of alkyl halides is 3. The Labute approximate surface area is 274 Å². The van der Waals surface area contributed by atoms with Crippen molar-refractivity contribution in [3.05, 3.63) is 82.7 Å². The largest absolute Gasteiger partial charge is 0.416 e. The van der Waals surface area contributed by atoms with Gasteiger partial charge in [-0.25, -0.2) is 4.98 Å². The summed E-state index contributed by atoms with van der Waals surface area (Å²) in [6.45, 7) is 7.01. The van der Waals surface area contributed by atoms with E-state index in [0.29, 0.717) is 36.0 Å². The standard InChI is InChI=1S/C30H32F3N8O.Y/c1-20(2)37-27(34)8-9-28-36-18-25(38-28)6-4-21-14-23(17-35-16-21)29(42)39-24-7-5-22(26(15-24)30(31,32)33)19-41-12-10-40(3)11-13-41;/h5,7-9,14-15,17-18,20H,10-13,19H2,1-3H3,(H2,34,37)(H,36,38)(H,39,42);/q-1;/b9-8-;. The molecule has 9 nitrogen and oxygen atoms in total. The van der Waals surface area contributed by atoms with E-state index in [1.54, 1.807) is 12.2 Å². The number of rotatable bonds is 7. The minimum atomic E-state index is -4.56. The quantitative estimate of drug-likeness (QED) is 0.153. The molecule has 43 heavy (non-hydrogen) atoms. The van der Waals surface area contributed by atoms with Crippen LogP contribution in [0.5, 0.6) is 0 Å². The second kappa shape index (κ2) is 15.4. The number of anilines is 1. The maximum Gasteiger partial charge on any atom is 0.416 e. The molecule has 4 N–H and O–H groups in total. The number of halogens is 3. The normalized spacial score (nSPS) is 14.8. The molecule has 1 radical (unpaired) electrons. The van der Waals surface area contributed by atoms with Crippen LogP contribution in [0.4, 0.5) is 18.9 Å². The van der Waals surface area contributed by atoms with Crippen molar-refractivity contribution in [2.24, 2.45) is 10.7 Å². The number of carbonyl (C=O) groups is 1. The predicted molar refractivity (Wildman–Crippen MR) is 156 cm³/mol. The van der Waals surface area contributed by atoms with Gasteiger partial charge in [0.25, 0.3) is 0 Å². The third-order valence-corrected chi connectivity index (χ3v) is 6.36. The number of hydrogen-bond acceptors (Lipinski definition) is 6. The number of amides is 1. The van der Waals surface area contributed by atoms with Crippen LogP contribution in [0.2, 0.25) is 0 Å². The van der Waals surface area contributed by atoms with Gasteiger partial charge in [0.15, 0.2) is 0 Å². The summed E-state index contributed by atoms with van der Waals surface area (Å²) >= 11 is 0. The van der Waals surface area contributed by atoms with Crippen LogP contribution in [-0.4, -0.2) is 75.8 Å². The molecule has 0 spiro atoms. The number of pyridine rings is 1. The van der Waals surface area contributed by atoms with E-state index < -0.39 is 17.6 Å². The monoisotopic (exact) mass is 666 g/mol. The van der Waals surface area contributed by atoms with Gasteiger partial charge in [-0.1, -0.05) is 11.6 Å². The van der Waals surface area contributed by atoms with Crippen LogP contribution in [-0.2, 0) is 45.4 Å². The number of carbonyl (C=O) groups excluding carboxylic acids is 1. The summed E-state index contributed by atoms with van der Waals surface area (Å²) in [7, 11) is 1.99. The summed E-state index contributed by atoms with van der Waals surface area (Å²) in [5.41, 5.74) is 6.21. The van der Waals surface area contributed by atoms with Crippen LogP contribution in [0.1, 0.15) is 52.4 Å². The number of aromatic nitrogens is 3. The van der Waals surface area contributed by atoms with Crippen molar-refractivity contribution in [1.29, 1.82) is 0 Å². The Morgan fingerprint density at radius 2 is 1.95 bits per heavy atom. The number of hydrogen-bond donors (Lipinski definition) is 3. The van der Waals surface area contributed by atoms with Crippen LogP contribution >= 0.6 is 0 Å². The molecule has 223 valence electrons. The number of imidazole rings is 1. The van der Waals surface area contributed by atoms with Crippen LogP contribution in [0, 0.1) is 18.0 Å². The average Bonchev–Trinajstić information content (AvgIpc) is 3.40. The number of piperazine rings is 1. The van der Waals surface area contributed by atoms with Crippen LogP contribution in [0.15, 0.2) is 47.7 Å². The summed E-state index contributed by atoms with van der Waals surface area (Å²) in [5.74, 6) is 6.03. The predicted octanol–water partition coefficient (Wildman–Crippen LogP) is 3.80. The fourth-order valence-corrected chi connectivity index (χ4v) is 4.22. The molecule has 1 saturated heterocycles. The Kier molecular flexibility index (Phi) is 12.2. The molecule has 0 bridgehead atoms. The van der Waals surface area contributed by atoms with Gasteiger partial charge in [-0.3, -0.25) is 14.7 Å². The summed E-state index contributed by atoms with van der Waals surface area (Å²) in [4.78, 5) is 32.4. The third kappa shape index (κ3) is 10.4. The van der Waals surface area contributed by atoms with Gasteiger partial charge in [0, 0.05) is 77.2 Å². The Morgan fingerprint density at radius 1 is 1.21 bits per heavy atom. The van der Waals surface area contributed by atoms with Crippen molar-refractivity contribution in [2.75, 3.05) is 38.5 Å². The molecule has 3 aromatic rings. The first-order valence-corrected chi connectivity index (χ1v) is 13.3. The Bertz CT molecular complexity index is 1530. The molecule has 0 atom stereocenters. The molecule has 2 aromatic heterocycles. The zero-order valence-electron chi connectivity index (χ0n) is 24.2. The van der Waals surface area contributed by atoms with Gasteiger partial charge in [-0.15, -0.1) is 12.0 Å². The average molecular weight is 667 g/mol. The fourth-order valence-electron chi connectivity index (χ4n) is 4.22. The van der Waals surface area contributed by atoms with Gasteiger partial charge in [0.05, 0.1) is 17.5 Å². The number of amidine groups is 1. The Morgan fingerprint density at radius 3 is 2.65 bits per heavy atom. The van der Waals surface area contributed by atoms with E-state index in [1.807, 2.05) is 25.8 Å². The van der Waals surface area contributed by atoms with E-state index in [1.165, 1.54) is 30.6 Å². The molecule has 1 fully saturated rings. The first kappa shape index (κ1) is 34.1. The molecule has 3 heterocycles. The number of H-pyrrole nitrogens is 1. The Hall–Kier alpha value is -3.37. The number of nitrogens with zero attached hydrogens (tertiary/aromatic N) is 5. The van der Waals surface area contributed by atoms with E-state index in [2.05, 4.69) is 48.2 Å². The zero-order valence-corrected chi connectivity index (χ0v) is 27.0. The maximum absolute atomic E-state index is 13.9. The van der Waals surface area contributed by atoms with Crippen LogP contribution < -0.4 is 11.1 Å². The first-order chi connectivity index (χ1) is 20.0. The minimum absolute atomic E-state index is 0. The van der Waals surface area contributed by atoms with E-state index in [0.717, 1.165) is 19.2 Å². The zero-order chi connectivity index (χ0) is 30.3. The van der Waals surface area contributed by atoms with Gasteiger partial charge in [0.1, 0.15) is 11.7 Å². The molecule has 4 rings (SSSR count). The van der Waals surface area contributed by atoms with Crippen molar-refractivity contribution in [1.82, 2.24) is 24.8 Å². The molecule has 1 aromatic carbocycles. The molecule has 1 aliphatic heterocycles. The summed E-state index contributed by atoms with van der Waals surface area (Å²) < 4.78 is 41.8. The van der Waals surface area contributed by atoms with E-state index >= 15 is 0 Å². The summed E-state index contributed by atoms with van der Waals surface area (Å²) in [6, 6.07) is 5.41. The molecule has 1 aliphatic rings. The third-order valence-electron chi connectivity index (χ3n) is 6.36. The van der Waals surface area contributed by atoms with E-state index in [4.69, 9.17) is 5.73 Å². The first-order valence-electron chi connectivity index (χ1n) is 13.3. The smallest absolute Gasteiger partial charge is 0.384 e. The maximum atomic E-state index is 13.9. The second-order valence-electron chi connectivity index (χ2n) is 10.2. The number of aliphatic imine (C=N–C) groups is 1. The minimum Gasteiger partial charge on any atom is -0.384 e. The number of nitrogens with one attached hydrogen (secondary N) is 2. The molecule has 0 aliphatic carbocycles. The van der Waals surface area contributed by atoms with Gasteiger partial charge >= 0.3 is 6.18 Å². The molecular formula is C30H32F3N8OY-. The second-order valence-corrected chi connectivity index (χ2v) is 10.2. The summed E-state index contributed by atoms with van der Waals surface area (Å²) in [5, 5.41) is 2.54. The van der Waals surface area contributed by atoms with Crippen molar-refractivity contribution in [3.8, 4) is 11.8 Å². The van der Waals surface area contributed by atoms with E-state index in [-0.39, 0.29) is 62.1 Å². The van der Waals surface area contributed by atoms with Gasteiger partial charge in [0.2, 0.25) is 5.91 Å². The van der Waals surface area contributed by atoms with Gasteiger partial charge < -0.3 is 25.9 Å². The number of benzene rings is 1. The Balaban J connectivity index is 0.00000506. The topological polar surface area (TPSA) is 116 Å². The fraction of sp³-hybridized carbons (Fsp3) is 0.333. The van der Waals surface area contributed by atoms with Gasteiger partial charge in [-0.2, -0.15) is 19.1 Å². The SMILES string of the molecule is CC(C)N=C(N)/C=C\c1ncc(C#Cc2[c-]ncc(C(=O)Nc3ccc(CN4CCN(C)CC4)c(C(F)(F)F)c3)c2)[nH]1.[Y]. The van der Waals surface area contributed by atoms with Crippen LogP contribution in [0.3, 0.4) is 0 Å². The van der Waals surface area contributed by atoms with Crippen molar-refractivity contribution >= 4 is 23.5 Å². The van der Waals surface area contributed by atoms with Crippen molar-refractivity contribution < 1.29 is 50.7 Å². The number of aromatic amines is 1.